The van der Waals surface area contributed by atoms with Gasteiger partial charge in [0.15, 0.2) is 5.82 Å². The first-order valence-electron chi connectivity index (χ1n) is 7.71. The Kier molecular flexibility index (Phi) is 4.76. The number of hydrogen-bond donors (Lipinski definition) is 1. The molecule has 1 aromatic rings. The summed E-state index contributed by atoms with van der Waals surface area (Å²) in [6.45, 7) is 9.60. The van der Waals surface area contributed by atoms with Gasteiger partial charge in [-0.1, -0.05) is 6.92 Å². The van der Waals surface area contributed by atoms with Crippen LogP contribution >= 0.6 is 0 Å². The fraction of sp³-hybridized carbons (Fsp3) is 0.750. The summed E-state index contributed by atoms with van der Waals surface area (Å²) >= 11 is 0. The number of nitrogens with two attached hydrogens (primary N) is 1. The van der Waals surface area contributed by atoms with Crippen molar-refractivity contribution in [2.45, 2.75) is 65.5 Å². The molecule has 0 unspecified atom stereocenters. The fourth-order valence-electron chi connectivity index (χ4n) is 3.18. The minimum atomic E-state index is -0.288. The highest BCUT2D eigenvalue weighted by molar-refractivity contribution is 5.25. The molecule has 0 radical (unpaired) electrons. The number of aromatic nitrogens is 2. The third kappa shape index (κ3) is 2.86. The highest BCUT2D eigenvalue weighted by Gasteiger charge is 2.39. The zero-order chi connectivity index (χ0) is 14.8. The molecule has 0 aliphatic heterocycles. The van der Waals surface area contributed by atoms with Crippen molar-refractivity contribution in [2.75, 3.05) is 6.61 Å². The molecule has 1 fully saturated rings. The summed E-state index contributed by atoms with van der Waals surface area (Å²) < 4.78 is 6.13. The van der Waals surface area contributed by atoms with Crippen LogP contribution in [0.1, 0.15) is 62.3 Å². The molecule has 0 saturated heterocycles. The first kappa shape index (κ1) is 15.4. The Labute approximate surface area is 122 Å². The van der Waals surface area contributed by atoms with Crippen molar-refractivity contribution >= 4 is 0 Å². The molecule has 4 nitrogen and oxygen atoms in total. The van der Waals surface area contributed by atoms with E-state index in [0.717, 1.165) is 41.5 Å². The average molecular weight is 277 g/mol. The molecule has 0 aromatic carbocycles. The molecule has 1 aromatic heterocycles. The Balaban J connectivity index is 2.39. The van der Waals surface area contributed by atoms with E-state index in [9.17, 15) is 0 Å². The summed E-state index contributed by atoms with van der Waals surface area (Å²) in [5.41, 5.74) is 8.54. The van der Waals surface area contributed by atoms with E-state index < -0.39 is 0 Å². The van der Waals surface area contributed by atoms with E-state index in [2.05, 4.69) is 6.92 Å². The quantitative estimate of drug-likeness (QED) is 0.919. The zero-order valence-electron chi connectivity index (χ0n) is 13.2. The van der Waals surface area contributed by atoms with Gasteiger partial charge in [0, 0.05) is 30.1 Å². The maximum Gasteiger partial charge on any atom is 0.160 e. The van der Waals surface area contributed by atoms with Crippen LogP contribution in [-0.4, -0.2) is 16.6 Å². The molecule has 20 heavy (non-hydrogen) atoms. The number of nitrogens with zero attached hydrogens (tertiary/aromatic N) is 2. The molecular weight excluding hydrogens is 250 g/mol. The largest absolute Gasteiger partial charge is 0.367 e. The monoisotopic (exact) mass is 277 g/mol. The summed E-state index contributed by atoms with van der Waals surface area (Å²) in [6.07, 6.45) is 4.39. The summed E-state index contributed by atoms with van der Waals surface area (Å²) in [5, 5.41) is 0. The molecule has 1 aliphatic rings. The molecule has 0 amide bonds. The second kappa shape index (κ2) is 6.19. The van der Waals surface area contributed by atoms with Gasteiger partial charge in [0.2, 0.25) is 0 Å². The average Bonchev–Trinajstić information content (AvgIpc) is 2.41. The van der Waals surface area contributed by atoms with Crippen molar-refractivity contribution in [3.8, 4) is 0 Å². The normalized spacial score (nSPS) is 26.8. The molecular formula is C16H27N3O. The van der Waals surface area contributed by atoms with Crippen molar-refractivity contribution in [1.29, 1.82) is 0 Å². The standard InChI is InChI=1S/C16H27N3O/c1-5-20-16(8-6-11(2)7-9-16)15-18-12(3)14(10-17)13(4)19-15/h11H,5-10,17H2,1-4H3. The number of hydrogen-bond acceptors (Lipinski definition) is 4. The molecule has 112 valence electrons. The Bertz CT molecular complexity index is 442. The van der Waals surface area contributed by atoms with Crippen molar-refractivity contribution < 1.29 is 4.74 Å². The molecule has 0 atom stereocenters. The molecule has 4 heteroatoms. The second-order valence-corrected chi connectivity index (χ2v) is 6.01. The van der Waals surface area contributed by atoms with Gasteiger partial charge in [-0.3, -0.25) is 0 Å². The molecule has 1 aliphatic carbocycles. The van der Waals surface area contributed by atoms with Crippen molar-refractivity contribution in [3.05, 3.63) is 22.8 Å². The van der Waals surface area contributed by atoms with Gasteiger partial charge in [0.25, 0.3) is 0 Å². The van der Waals surface area contributed by atoms with Crippen LogP contribution in [-0.2, 0) is 16.9 Å². The highest BCUT2D eigenvalue weighted by atomic mass is 16.5. The van der Waals surface area contributed by atoms with Crippen molar-refractivity contribution in [3.63, 3.8) is 0 Å². The second-order valence-electron chi connectivity index (χ2n) is 6.01. The van der Waals surface area contributed by atoms with Crippen LogP contribution in [0.2, 0.25) is 0 Å². The van der Waals surface area contributed by atoms with Gasteiger partial charge in [-0.25, -0.2) is 9.97 Å². The van der Waals surface area contributed by atoms with Gasteiger partial charge in [0.05, 0.1) is 0 Å². The summed E-state index contributed by atoms with van der Waals surface area (Å²) in [7, 11) is 0. The van der Waals surface area contributed by atoms with Gasteiger partial charge in [-0.05, 0) is 52.4 Å². The third-order valence-electron chi connectivity index (χ3n) is 4.53. The summed E-state index contributed by atoms with van der Waals surface area (Å²) in [6, 6.07) is 0. The minimum Gasteiger partial charge on any atom is -0.367 e. The lowest BCUT2D eigenvalue weighted by atomic mass is 9.78. The van der Waals surface area contributed by atoms with E-state index in [0.29, 0.717) is 13.2 Å². The van der Waals surface area contributed by atoms with Gasteiger partial charge in [0.1, 0.15) is 5.60 Å². The topological polar surface area (TPSA) is 61.0 Å². The van der Waals surface area contributed by atoms with Crippen LogP contribution < -0.4 is 5.73 Å². The zero-order valence-corrected chi connectivity index (χ0v) is 13.2. The Hall–Kier alpha value is -1.00. The number of ether oxygens (including phenoxy) is 1. The van der Waals surface area contributed by atoms with E-state index in [-0.39, 0.29) is 5.60 Å². The Morgan fingerprint density at radius 2 is 1.75 bits per heavy atom. The van der Waals surface area contributed by atoms with Crippen LogP contribution in [0.3, 0.4) is 0 Å². The summed E-state index contributed by atoms with van der Waals surface area (Å²) in [4.78, 5) is 9.46. The predicted molar refractivity (Wildman–Crippen MR) is 80.3 cm³/mol. The lowest BCUT2D eigenvalue weighted by Crippen LogP contribution is -2.37. The maximum absolute atomic E-state index is 6.13. The molecule has 0 spiro atoms. The smallest absolute Gasteiger partial charge is 0.160 e. The molecule has 1 saturated carbocycles. The van der Waals surface area contributed by atoms with E-state index in [1.54, 1.807) is 0 Å². The molecule has 1 heterocycles. The van der Waals surface area contributed by atoms with E-state index in [1.807, 2.05) is 20.8 Å². The Morgan fingerprint density at radius 3 is 2.20 bits per heavy atom. The maximum atomic E-state index is 6.13. The third-order valence-corrected chi connectivity index (χ3v) is 4.53. The van der Waals surface area contributed by atoms with Crippen LogP contribution in [0.4, 0.5) is 0 Å². The van der Waals surface area contributed by atoms with Gasteiger partial charge in [-0.15, -0.1) is 0 Å². The molecule has 2 N–H and O–H groups in total. The SMILES string of the molecule is CCOC1(c2nc(C)c(CN)c(C)n2)CCC(C)CC1. The molecule has 0 bridgehead atoms. The minimum absolute atomic E-state index is 0.288. The fourth-order valence-corrected chi connectivity index (χ4v) is 3.18. The van der Waals surface area contributed by atoms with Crippen LogP contribution in [0.25, 0.3) is 0 Å². The van der Waals surface area contributed by atoms with Gasteiger partial charge < -0.3 is 10.5 Å². The first-order valence-corrected chi connectivity index (χ1v) is 7.71. The van der Waals surface area contributed by atoms with Crippen molar-refractivity contribution in [2.24, 2.45) is 11.7 Å². The summed E-state index contributed by atoms with van der Waals surface area (Å²) in [5.74, 6) is 1.63. The first-order chi connectivity index (χ1) is 9.52. The van der Waals surface area contributed by atoms with Crippen LogP contribution in [0.15, 0.2) is 0 Å². The van der Waals surface area contributed by atoms with E-state index in [4.69, 9.17) is 20.4 Å². The Morgan fingerprint density at radius 1 is 1.20 bits per heavy atom. The van der Waals surface area contributed by atoms with Gasteiger partial charge in [-0.2, -0.15) is 0 Å². The number of aryl methyl sites for hydroxylation is 2. The lowest BCUT2D eigenvalue weighted by molar-refractivity contribution is -0.0839. The lowest BCUT2D eigenvalue weighted by Gasteiger charge is -2.38. The highest BCUT2D eigenvalue weighted by Crippen LogP contribution is 2.41. The van der Waals surface area contributed by atoms with Gasteiger partial charge >= 0.3 is 0 Å². The van der Waals surface area contributed by atoms with Crippen molar-refractivity contribution in [1.82, 2.24) is 9.97 Å². The van der Waals surface area contributed by atoms with Crippen LogP contribution in [0.5, 0.6) is 0 Å². The predicted octanol–water partition coefficient (Wildman–Crippen LogP) is 2.99. The van der Waals surface area contributed by atoms with E-state index >= 15 is 0 Å². The van der Waals surface area contributed by atoms with Crippen LogP contribution in [0, 0.1) is 19.8 Å². The molecule has 2 rings (SSSR count). The van der Waals surface area contributed by atoms with E-state index in [1.165, 1.54) is 12.8 Å². The number of rotatable bonds is 4.